The maximum Gasteiger partial charge on any atom is 0.296 e. The zero-order valence-corrected chi connectivity index (χ0v) is 20.1. The van der Waals surface area contributed by atoms with Crippen LogP contribution < -0.4 is 20.4 Å². The van der Waals surface area contributed by atoms with Gasteiger partial charge in [0.15, 0.2) is 0 Å². The van der Waals surface area contributed by atoms with Crippen LogP contribution in [0.3, 0.4) is 0 Å². The van der Waals surface area contributed by atoms with Gasteiger partial charge in [-0.3, -0.25) is 9.59 Å². The third-order valence-corrected chi connectivity index (χ3v) is 6.25. The smallest absolute Gasteiger partial charge is 0.296 e. The van der Waals surface area contributed by atoms with E-state index >= 15 is 0 Å². The molecule has 2 heterocycles. The number of fused-ring (bicyclic) bond motifs is 1. The summed E-state index contributed by atoms with van der Waals surface area (Å²) < 4.78 is 7.32. The molecule has 4 rings (SSSR count). The van der Waals surface area contributed by atoms with Crippen LogP contribution in [0.15, 0.2) is 58.1 Å². The van der Waals surface area contributed by atoms with Crippen LogP contribution in [0.1, 0.15) is 56.5 Å². The number of rotatable bonds is 6. The van der Waals surface area contributed by atoms with Gasteiger partial charge in [-0.05, 0) is 46.7 Å². The molecule has 0 radical (unpaired) electrons. The normalized spacial score (nSPS) is 12.4. The first-order valence-corrected chi connectivity index (χ1v) is 11.8. The minimum atomic E-state index is -0.413. The number of benzene rings is 2. The lowest BCUT2D eigenvalue weighted by molar-refractivity contribution is 0.317. The van der Waals surface area contributed by atoms with Crippen molar-refractivity contribution in [2.24, 2.45) is 0 Å². The Balaban J connectivity index is 1.64. The first-order chi connectivity index (χ1) is 15.7. The van der Waals surface area contributed by atoms with Crippen LogP contribution in [-0.4, -0.2) is 21.2 Å². The van der Waals surface area contributed by atoms with Gasteiger partial charge in [-0.1, -0.05) is 75.4 Å². The number of hydrogen-bond acceptors (Lipinski definition) is 6. The van der Waals surface area contributed by atoms with E-state index in [9.17, 15) is 9.59 Å². The molecule has 0 fully saturated rings. The molecule has 2 aromatic carbocycles. The van der Waals surface area contributed by atoms with Gasteiger partial charge in [-0.15, -0.1) is 0 Å². The van der Waals surface area contributed by atoms with E-state index in [0.717, 1.165) is 23.3 Å². The molecule has 0 N–H and O–H groups in total. The van der Waals surface area contributed by atoms with E-state index < -0.39 is 5.56 Å². The predicted molar refractivity (Wildman–Crippen MR) is 132 cm³/mol. The summed E-state index contributed by atoms with van der Waals surface area (Å²) in [6.45, 7) is 9.20. The van der Waals surface area contributed by atoms with Crippen molar-refractivity contribution in [1.82, 2.24) is 14.6 Å². The lowest BCUT2D eigenvalue weighted by atomic mass is 9.87. The van der Waals surface area contributed by atoms with E-state index in [1.807, 2.05) is 42.5 Å². The lowest BCUT2D eigenvalue weighted by Crippen LogP contribution is -2.28. The topological polar surface area (TPSA) is 73.6 Å². The molecular formula is C26H27N3O3S. The van der Waals surface area contributed by atoms with Gasteiger partial charge in [0.05, 0.1) is 11.1 Å². The molecule has 0 saturated heterocycles. The van der Waals surface area contributed by atoms with Gasteiger partial charge in [-0.2, -0.15) is 14.6 Å². The minimum absolute atomic E-state index is 0.0628. The Morgan fingerprint density at radius 2 is 1.73 bits per heavy atom. The summed E-state index contributed by atoms with van der Waals surface area (Å²) in [5.74, 6) is 0.786. The summed E-state index contributed by atoms with van der Waals surface area (Å²) in [7, 11) is 0. The fraction of sp³-hybridized carbons (Fsp3) is 0.308. The number of thiazole rings is 1. The second-order valence-electron chi connectivity index (χ2n) is 9.02. The molecule has 6 nitrogen and oxygen atoms in total. The Morgan fingerprint density at radius 1 is 1.03 bits per heavy atom. The summed E-state index contributed by atoms with van der Waals surface area (Å²) in [5, 5.41) is 4.34. The number of ether oxygens (including phenoxy) is 1. The van der Waals surface area contributed by atoms with Crippen molar-refractivity contribution in [2.75, 3.05) is 6.61 Å². The van der Waals surface area contributed by atoms with Gasteiger partial charge in [0.2, 0.25) is 4.96 Å². The molecule has 0 unspecified atom stereocenters. The van der Waals surface area contributed by atoms with Crippen molar-refractivity contribution >= 4 is 22.4 Å². The van der Waals surface area contributed by atoms with Crippen LogP contribution in [0.5, 0.6) is 5.75 Å². The minimum Gasteiger partial charge on any atom is -0.494 e. The molecule has 0 aliphatic rings. The summed E-state index contributed by atoms with van der Waals surface area (Å²) >= 11 is 1.17. The quantitative estimate of drug-likeness (QED) is 0.437. The second kappa shape index (κ2) is 9.27. The molecule has 0 bridgehead atoms. The standard InChI is InChI=1S/C26H27N3O3S/c1-5-14-32-20-12-8-17(9-13-20)15-21-23(30)27-25-29(28-21)24(31)22(33-25)16-18-6-10-19(11-7-18)26(2,3)4/h6-13,16H,5,14-15H2,1-4H3/b22-16+. The highest BCUT2D eigenvalue weighted by Gasteiger charge is 2.14. The van der Waals surface area contributed by atoms with E-state index in [1.54, 1.807) is 0 Å². The van der Waals surface area contributed by atoms with E-state index in [1.165, 1.54) is 21.4 Å². The Morgan fingerprint density at radius 3 is 2.36 bits per heavy atom. The third-order valence-electron chi connectivity index (χ3n) is 5.29. The molecule has 0 aliphatic heterocycles. The average molecular weight is 462 g/mol. The zero-order valence-electron chi connectivity index (χ0n) is 19.3. The molecule has 170 valence electrons. The van der Waals surface area contributed by atoms with E-state index in [-0.39, 0.29) is 16.7 Å². The number of aromatic nitrogens is 3. The van der Waals surface area contributed by atoms with Gasteiger partial charge in [-0.25, -0.2) is 0 Å². The number of nitrogens with zero attached hydrogens (tertiary/aromatic N) is 3. The number of hydrogen-bond donors (Lipinski definition) is 0. The molecule has 0 atom stereocenters. The highest BCUT2D eigenvalue weighted by molar-refractivity contribution is 7.15. The van der Waals surface area contributed by atoms with Crippen LogP contribution in [0, 0.1) is 0 Å². The van der Waals surface area contributed by atoms with E-state index in [4.69, 9.17) is 4.74 Å². The first kappa shape index (κ1) is 22.9. The van der Waals surface area contributed by atoms with Gasteiger partial charge < -0.3 is 4.74 Å². The highest BCUT2D eigenvalue weighted by Crippen LogP contribution is 2.22. The van der Waals surface area contributed by atoms with Crippen molar-refractivity contribution in [1.29, 1.82) is 0 Å². The molecular weight excluding hydrogens is 434 g/mol. The molecule has 0 saturated carbocycles. The molecule has 0 spiro atoms. The lowest BCUT2D eigenvalue weighted by Gasteiger charge is -2.18. The van der Waals surface area contributed by atoms with Gasteiger partial charge in [0, 0.05) is 6.42 Å². The van der Waals surface area contributed by atoms with Gasteiger partial charge >= 0.3 is 0 Å². The molecule has 0 aliphatic carbocycles. The van der Waals surface area contributed by atoms with Crippen molar-refractivity contribution in [3.8, 4) is 5.75 Å². The van der Waals surface area contributed by atoms with Crippen molar-refractivity contribution in [3.63, 3.8) is 0 Å². The Kier molecular flexibility index (Phi) is 6.42. The second-order valence-corrected chi connectivity index (χ2v) is 10.0. The Bertz CT molecular complexity index is 1430. The van der Waals surface area contributed by atoms with Crippen LogP contribution >= 0.6 is 11.3 Å². The van der Waals surface area contributed by atoms with E-state index in [0.29, 0.717) is 22.5 Å². The highest BCUT2D eigenvalue weighted by atomic mass is 32.1. The van der Waals surface area contributed by atoms with Crippen LogP contribution in [0.2, 0.25) is 0 Å². The monoisotopic (exact) mass is 461 g/mol. The van der Waals surface area contributed by atoms with Crippen molar-refractivity contribution in [3.05, 3.63) is 96.2 Å². The van der Waals surface area contributed by atoms with Gasteiger partial charge in [0.1, 0.15) is 11.4 Å². The van der Waals surface area contributed by atoms with Crippen LogP contribution in [0.4, 0.5) is 0 Å². The molecule has 0 amide bonds. The molecule has 4 aromatic rings. The van der Waals surface area contributed by atoms with Crippen LogP contribution in [0.25, 0.3) is 11.0 Å². The Hall–Kier alpha value is -3.32. The fourth-order valence-corrected chi connectivity index (χ4v) is 4.30. The average Bonchev–Trinajstić information content (AvgIpc) is 3.07. The summed E-state index contributed by atoms with van der Waals surface area (Å²) in [6, 6.07) is 15.7. The SMILES string of the molecule is CCCOc1ccc(Cc2nn3c(=O)/c(=C\c4ccc(C(C)(C)C)cc4)sc3nc2=O)cc1. The molecule has 7 heteroatoms. The maximum absolute atomic E-state index is 12.9. The summed E-state index contributed by atoms with van der Waals surface area (Å²) in [5.41, 5.74) is 2.66. The maximum atomic E-state index is 12.9. The summed E-state index contributed by atoms with van der Waals surface area (Å²) in [6.07, 6.45) is 3.05. The largest absolute Gasteiger partial charge is 0.494 e. The van der Waals surface area contributed by atoms with Gasteiger partial charge in [0.25, 0.3) is 11.1 Å². The zero-order chi connectivity index (χ0) is 23.6. The molecule has 33 heavy (non-hydrogen) atoms. The fourth-order valence-electron chi connectivity index (χ4n) is 3.40. The Labute approximate surface area is 196 Å². The van der Waals surface area contributed by atoms with Crippen molar-refractivity contribution < 1.29 is 4.74 Å². The summed E-state index contributed by atoms with van der Waals surface area (Å²) in [4.78, 5) is 29.9. The van der Waals surface area contributed by atoms with Crippen molar-refractivity contribution in [2.45, 2.75) is 46.0 Å². The third kappa shape index (κ3) is 5.20. The van der Waals surface area contributed by atoms with E-state index in [2.05, 4.69) is 49.9 Å². The first-order valence-electron chi connectivity index (χ1n) is 11.0. The van der Waals surface area contributed by atoms with Crippen LogP contribution in [-0.2, 0) is 11.8 Å². The molecule has 2 aromatic heterocycles. The predicted octanol–water partition coefficient (Wildman–Crippen LogP) is 3.74.